The molecule has 0 aliphatic heterocycles. The van der Waals surface area contributed by atoms with Crippen LogP contribution in [0.4, 0.5) is 11.5 Å². The van der Waals surface area contributed by atoms with Gasteiger partial charge in [0.25, 0.3) is 5.88 Å². The number of nitro groups is 1. The molecule has 7 nitrogen and oxygen atoms in total. The van der Waals surface area contributed by atoms with E-state index in [2.05, 4.69) is 15.3 Å². The number of hydrogen-bond donors (Lipinski definition) is 1. The number of hydrogen-bond acceptors (Lipinski definition) is 6. The molecule has 1 atom stereocenters. The Balaban J connectivity index is 2.17. The number of aromatic nitrogens is 2. The van der Waals surface area contributed by atoms with E-state index in [9.17, 15) is 10.1 Å². The molecule has 1 N–H and O–H groups in total. The highest BCUT2D eigenvalue weighted by Crippen LogP contribution is 2.30. The molecular weight excluding hydrogens is 272 g/mol. The largest absolute Gasteiger partial charge is 0.476 e. The SMILES string of the molecule is COc1ncnc(NC(C)Cc2ccccc2)c1[N+](=O)[O-]. The second-order valence-corrected chi connectivity index (χ2v) is 4.57. The first-order chi connectivity index (χ1) is 10.1. The van der Waals surface area contributed by atoms with E-state index in [4.69, 9.17) is 4.74 Å². The number of ether oxygens (including phenoxy) is 1. The van der Waals surface area contributed by atoms with Gasteiger partial charge in [0, 0.05) is 6.04 Å². The van der Waals surface area contributed by atoms with Crippen LogP contribution in [-0.4, -0.2) is 28.0 Å². The highest BCUT2D eigenvalue weighted by Gasteiger charge is 2.24. The molecule has 0 amide bonds. The lowest BCUT2D eigenvalue weighted by molar-refractivity contribution is -0.385. The summed E-state index contributed by atoms with van der Waals surface area (Å²) in [6.07, 6.45) is 1.97. The average Bonchev–Trinajstić information content (AvgIpc) is 2.47. The van der Waals surface area contributed by atoms with Gasteiger partial charge in [0.05, 0.1) is 12.0 Å². The Kier molecular flexibility index (Phi) is 4.65. The summed E-state index contributed by atoms with van der Waals surface area (Å²) in [4.78, 5) is 18.3. The van der Waals surface area contributed by atoms with Gasteiger partial charge in [-0.05, 0) is 18.9 Å². The molecule has 0 spiro atoms. The van der Waals surface area contributed by atoms with Crippen molar-refractivity contribution < 1.29 is 9.66 Å². The highest BCUT2D eigenvalue weighted by atomic mass is 16.6. The molecule has 1 aromatic carbocycles. The van der Waals surface area contributed by atoms with Crippen molar-refractivity contribution >= 4 is 11.5 Å². The summed E-state index contributed by atoms with van der Waals surface area (Å²) in [7, 11) is 1.34. The third kappa shape index (κ3) is 3.65. The van der Waals surface area contributed by atoms with Crippen LogP contribution in [0.15, 0.2) is 36.7 Å². The van der Waals surface area contributed by atoms with Crippen LogP contribution in [0.1, 0.15) is 12.5 Å². The second-order valence-electron chi connectivity index (χ2n) is 4.57. The summed E-state index contributed by atoms with van der Waals surface area (Å²) in [6.45, 7) is 1.94. The van der Waals surface area contributed by atoms with E-state index in [1.165, 1.54) is 13.4 Å². The maximum atomic E-state index is 11.1. The van der Waals surface area contributed by atoms with Crippen molar-refractivity contribution in [1.82, 2.24) is 9.97 Å². The van der Waals surface area contributed by atoms with Gasteiger partial charge >= 0.3 is 5.69 Å². The topological polar surface area (TPSA) is 90.2 Å². The van der Waals surface area contributed by atoms with Crippen LogP contribution in [-0.2, 0) is 6.42 Å². The fourth-order valence-corrected chi connectivity index (χ4v) is 2.03. The van der Waals surface area contributed by atoms with Gasteiger partial charge < -0.3 is 10.1 Å². The van der Waals surface area contributed by atoms with Crippen LogP contribution in [0.25, 0.3) is 0 Å². The van der Waals surface area contributed by atoms with Crippen LogP contribution in [0.5, 0.6) is 5.88 Å². The number of nitrogens with zero attached hydrogens (tertiary/aromatic N) is 3. The quantitative estimate of drug-likeness (QED) is 0.648. The Bertz CT molecular complexity index is 619. The third-order valence-corrected chi connectivity index (χ3v) is 2.93. The number of rotatable bonds is 6. The Morgan fingerprint density at radius 2 is 2.05 bits per heavy atom. The van der Waals surface area contributed by atoms with Crippen molar-refractivity contribution in [3.63, 3.8) is 0 Å². The minimum atomic E-state index is -0.545. The van der Waals surface area contributed by atoms with E-state index in [1.54, 1.807) is 0 Å². The van der Waals surface area contributed by atoms with E-state index < -0.39 is 4.92 Å². The molecule has 7 heteroatoms. The molecule has 1 aromatic heterocycles. The van der Waals surface area contributed by atoms with Gasteiger partial charge in [-0.15, -0.1) is 0 Å². The fourth-order valence-electron chi connectivity index (χ4n) is 2.03. The zero-order chi connectivity index (χ0) is 15.2. The van der Waals surface area contributed by atoms with E-state index >= 15 is 0 Å². The van der Waals surface area contributed by atoms with Crippen molar-refractivity contribution in [3.8, 4) is 5.88 Å². The van der Waals surface area contributed by atoms with Crippen LogP contribution in [0.3, 0.4) is 0 Å². The van der Waals surface area contributed by atoms with E-state index in [1.807, 2.05) is 37.3 Å². The molecule has 1 unspecified atom stereocenters. The summed E-state index contributed by atoms with van der Waals surface area (Å²) in [5.41, 5.74) is 0.890. The van der Waals surface area contributed by atoms with E-state index in [0.29, 0.717) is 0 Å². The molecule has 0 fully saturated rings. The maximum absolute atomic E-state index is 11.1. The normalized spacial score (nSPS) is 11.7. The Morgan fingerprint density at radius 1 is 1.33 bits per heavy atom. The molecule has 0 saturated carbocycles. The van der Waals surface area contributed by atoms with Gasteiger partial charge in [0.2, 0.25) is 5.82 Å². The summed E-state index contributed by atoms with van der Waals surface area (Å²) in [5.74, 6) is 0.111. The Morgan fingerprint density at radius 3 is 2.67 bits per heavy atom. The predicted octanol–water partition coefficient (Wildman–Crippen LogP) is 2.44. The van der Waals surface area contributed by atoms with Gasteiger partial charge in [-0.1, -0.05) is 30.3 Å². The third-order valence-electron chi connectivity index (χ3n) is 2.93. The number of methoxy groups -OCH3 is 1. The van der Waals surface area contributed by atoms with Crippen molar-refractivity contribution in [2.45, 2.75) is 19.4 Å². The highest BCUT2D eigenvalue weighted by molar-refractivity contribution is 5.61. The average molecular weight is 288 g/mol. The lowest BCUT2D eigenvalue weighted by Crippen LogP contribution is -2.20. The Labute approximate surface area is 122 Å². The maximum Gasteiger partial charge on any atom is 0.372 e. The molecular formula is C14H16N4O3. The summed E-state index contributed by atoms with van der Waals surface area (Å²) in [5, 5.41) is 14.2. The first-order valence-corrected chi connectivity index (χ1v) is 6.45. The van der Waals surface area contributed by atoms with Crippen LogP contribution < -0.4 is 10.1 Å². The molecule has 0 saturated heterocycles. The molecule has 0 radical (unpaired) electrons. The van der Waals surface area contributed by atoms with Crippen molar-refractivity contribution in [3.05, 3.63) is 52.3 Å². The number of benzene rings is 1. The van der Waals surface area contributed by atoms with E-state index in [0.717, 1.165) is 12.0 Å². The lowest BCUT2D eigenvalue weighted by atomic mass is 10.1. The minimum absolute atomic E-state index is 0.0225. The lowest BCUT2D eigenvalue weighted by Gasteiger charge is -2.14. The molecule has 1 heterocycles. The predicted molar refractivity (Wildman–Crippen MR) is 78.5 cm³/mol. The zero-order valence-corrected chi connectivity index (χ0v) is 11.8. The van der Waals surface area contributed by atoms with Crippen LogP contribution in [0, 0.1) is 10.1 Å². The summed E-state index contributed by atoms with van der Waals surface area (Å²) < 4.78 is 4.91. The van der Waals surface area contributed by atoms with Crippen molar-refractivity contribution in [1.29, 1.82) is 0 Å². The van der Waals surface area contributed by atoms with E-state index in [-0.39, 0.29) is 23.4 Å². The van der Waals surface area contributed by atoms with Crippen molar-refractivity contribution in [2.75, 3.05) is 12.4 Å². The van der Waals surface area contributed by atoms with Gasteiger partial charge in [-0.2, -0.15) is 4.98 Å². The molecule has 2 aromatic rings. The van der Waals surface area contributed by atoms with Crippen molar-refractivity contribution in [2.24, 2.45) is 0 Å². The standard InChI is InChI=1S/C14H16N4O3/c1-10(8-11-6-4-3-5-7-11)17-13-12(18(19)20)14(21-2)16-9-15-13/h3-7,9-10H,8H2,1-2H3,(H,15,16,17). The minimum Gasteiger partial charge on any atom is -0.476 e. The molecule has 2 rings (SSSR count). The molecule has 21 heavy (non-hydrogen) atoms. The molecule has 0 aliphatic rings. The zero-order valence-electron chi connectivity index (χ0n) is 11.8. The molecule has 110 valence electrons. The summed E-state index contributed by atoms with van der Waals surface area (Å²) in [6, 6.07) is 9.85. The first-order valence-electron chi connectivity index (χ1n) is 6.45. The number of nitrogens with one attached hydrogen (secondary N) is 1. The van der Waals surface area contributed by atoms with Gasteiger partial charge in [0.15, 0.2) is 0 Å². The van der Waals surface area contributed by atoms with Gasteiger partial charge in [-0.3, -0.25) is 10.1 Å². The molecule has 0 bridgehead atoms. The van der Waals surface area contributed by atoms with Crippen LogP contribution in [0.2, 0.25) is 0 Å². The van der Waals surface area contributed by atoms with Gasteiger partial charge in [-0.25, -0.2) is 4.98 Å². The monoisotopic (exact) mass is 288 g/mol. The Hall–Kier alpha value is -2.70. The number of anilines is 1. The molecule has 0 aliphatic carbocycles. The smallest absolute Gasteiger partial charge is 0.372 e. The second kappa shape index (κ2) is 6.65. The van der Waals surface area contributed by atoms with Gasteiger partial charge in [0.1, 0.15) is 6.33 Å². The van der Waals surface area contributed by atoms with Crippen LogP contribution >= 0.6 is 0 Å². The summed E-state index contributed by atoms with van der Waals surface area (Å²) >= 11 is 0. The first kappa shape index (κ1) is 14.7. The fraction of sp³-hybridized carbons (Fsp3) is 0.286.